The van der Waals surface area contributed by atoms with Crippen molar-refractivity contribution in [2.24, 2.45) is 0 Å². The molecule has 0 aliphatic rings. The van der Waals surface area contributed by atoms with Crippen molar-refractivity contribution in [3.8, 4) is 0 Å². The Kier molecular flexibility index (Phi) is 4.67. The Labute approximate surface area is 149 Å². The summed E-state index contributed by atoms with van der Waals surface area (Å²) in [7, 11) is 0. The molecule has 0 fully saturated rings. The molecule has 0 aromatic heterocycles. The number of hydrogen-bond donors (Lipinski definition) is 1. The molecule has 0 radical (unpaired) electrons. The van der Waals surface area contributed by atoms with Gasteiger partial charge in [0.15, 0.2) is 0 Å². The van der Waals surface area contributed by atoms with Crippen LogP contribution in [0.15, 0.2) is 60.7 Å². The monoisotopic (exact) mass is 354 g/mol. The van der Waals surface area contributed by atoms with Crippen LogP contribution in [-0.4, -0.2) is 10.8 Å². The second-order valence-electron chi connectivity index (χ2n) is 5.68. The molecule has 6 heteroatoms. The van der Waals surface area contributed by atoms with Gasteiger partial charge in [-0.05, 0) is 35.4 Å². The second-order valence-corrected chi connectivity index (χ2v) is 6.12. The number of nitro groups is 1. The Morgan fingerprint density at radius 3 is 2.60 bits per heavy atom. The Balaban J connectivity index is 1.93. The summed E-state index contributed by atoms with van der Waals surface area (Å²) in [4.78, 5) is 23.1. The van der Waals surface area contributed by atoms with E-state index in [9.17, 15) is 14.9 Å². The van der Waals surface area contributed by atoms with Gasteiger partial charge in [0.05, 0.1) is 11.0 Å². The average Bonchev–Trinajstić information content (AvgIpc) is 2.60. The lowest BCUT2D eigenvalue weighted by molar-refractivity contribution is -0.385. The molecule has 0 saturated heterocycles. The van der Waals surface area contributed by atoms with Gasteiger partial charge in [-0.1, -0.05) is 54.1 Å². The molecule has 0 aliphatic heterocycles. The van der Waals surface area contributed by atoms with Crippen molar-refractivity contribution >= 4 is 34.0 Å². The van der Waals surface area contributed by atoms with E-state index in [1.54, 1.807) is 0 Å². The maximum atomic E-state index is 12.6. The summed E-state index contributed by atoms with van der Waals surface area (Å²) < 4.78 is 0. The van der Waals surface area contributed by atoms with Crippen LogP contribution in [0.2, 0.25) is 5.02 Å². The van der Waals surface area contributed by atoms with Gasteiger partial charge in [-0.25, -0.2) is 0 Å². The van der Waals surface area contributed by atoms with E-state index in [0.717, 1.165) is 16.3 Å². The number of nitro benzene ring substituents is 1. The highest BCUT2D eigenvalue weighted by Crippen LogP contribution is 2.26. The first-order valence-corrected chi connectivity index (χ1v) is 8.07. The maximum absolute atomic E-state index is 12.6. The third-order valence-corrected chi connectivity index (χ3v) is 4.27. The SMILES string of the molecule is CC(NC(=O)c1cc(Cl)ccc1[N+](=O)[O-])c1cccc2ccccc12. The first-order chi connectivity index (χ1) is 12.0. The Hall–Kier alpha value is -2.92. The molecule has 126 valence electrons. The van der Waals surface area contributed by atoms with Gasteiger partial charge >= 0.3 is 0 Å². The van der Waals surface area contributed by atoms with Crippen LogP contribution in [0.5, 0.6) is 0 Å². The maximum Gasteiger partial charge on any atom is 0.282 e. The molecular weight excluding hydrogens is 340 g/mol. The fourth-order valence-electron chi connectivity index (χ4n) is 2.83. The molecule has 5 nitrogen and oxygen atoms in total. The molecule has 0 aliphatic carbocycles. The lowest BCUT2D eigenvalue weighted by atomic mass is 9.99. The number of nitrogens with zero attached hydrogens (tertiary/aromatic N) is 1. The standard InChI is InChI=1S/C19H15ClN2O3/c1-12(15-8-4-6-13-5-2-3-7-16(13)15)21-19(23)17-11-14(20)9-10-18(17)22(24)25/h2-12H,1H3,(H,21,23). The summed E-state index contributed by atoms with van der Waals surface area (Å²) in [5.74, 6) is -0.533. The first kappa shape index (κ1) is 16.9. The highest BCUT2D eigenvalue weighted by molar-refractivity contribution is 6.31. The molecule has 3 rings (SSSR count). The van der Waals surface area contributed by atoms with Crippen LogP contribution in [0.4, 0.5) is 5.69 Å². The minimum atomic E-state index is -0.589. The summed E-state index contributed by atoms with van der Waals surface area (Å²) in [6, 6.07) is 17.3. The molecule has 1 amide bonds. The van der Waals surface area contributed by atoms with Crippen LogP contribution in [0.25, 0.3) is 10.8 Å². The minimum Gasteiger partial charge on any atom is -0.345 e. The van der Waals surface area contributed by atoms with Crippen molar-refractivity contribution in [2.75, 3.05) is 0 Å². The minimum absolute atomic E-state index is 0.0513. The number of carbonyl (C=O) groups is 1. The molecule has 0 saturated carbocycles. The largest absolute Gasteiger partial charge is 0.345 e. The van der Waals surface area contributed by atoms with Crippen LogP contribution < -0.4 is 5.32 Å². The molecule has 0 bridgehead atoms. The van der Waals surface area contributed by atoms with E-state index >= 15 is 0 Å². The van der Waals surface area contributed by atoms with Gasteiger partial charge in [0.1, 0.15) is 5.56 Å². The number of hydrogen-bond acceptors (Lipinski definition) is 3. The molecule has 0 heterocycles. The van der Waals surface area contributed by atoms with E-state index in [4.69, 9.17) is 11.6 Å². The topological polar surface area (TPSA) is 72.2 Å². The van der Waals surface area contributed by atoms with Crippen LogP contribution in [-0.2, 0) is 0 Å². The van der Waals surface area contributed by atoms with Crippen LogP contribution in [0, 0.1) is 10.1 Å². The number of amides is 1. The lowest BCUT2D eigenvalue weighted by Gasteiger charge is -2.17. The zero-order valence-electron chi connectivity index (χ0n) is 13.4. The number of rotatable bonds is 4. The molecule has 3 aromatic carbocycles. The van der Waals surface area contributed by atoms with E-state index in [1.165, 1.54) is 18.2 Å². The van der Waals surface area contributed by atoms with Crippen LogP contribution in [0.1, 0.15) is 28.9 Å². The fourth-order valence-corrected chi connectivity index (χ4v) is 3.00. The Morgan fingerprint density at radius 2 is 1.84 bits per heavy atom. The van der Waals surface area contributed by atoms with E-state index in [-0.39, 0.29) is 22.3 Å². The summed E-state index contributed by atoms with van der Waals surface area (Å²) in [6.07, 6.45) is 0. The van der Waals surface area contributed by atoms with E-state index in [2.05, 4.69) is 5.32 Å². The molecule has 1 N–H and O–H groups in total. The number of carbonyl (C=O) groups excluding carboxylic acids is 1. The fraction of sp³-hybridized carbons (Fsp3) is 0.105. The first-order valence-electron chi connectivity index (χ1n) is 7.70. The van der Waals surface area contributed by atoms with Gasteiger partial charge in [0, 0.05) is 11.1 Å². The molecular formula is C19H15ClN2O3. The zero-order valence-corrected chi connectivity index (χ0v) is 14.2. The molecule has 3 aromatic rings. The van der Waals surface area contributed by atoms with Crippen molar-refractivity contribution in [3.63, 3.8) is 0 Å². The predicted octanol–water partition coefficient (Wildman–Crippen LogP) is 4.89. The zero-order chi connectivity index (χ0) is 18.0. The van der Waals surface area contributed by atoms with Crippen molar-refractivity contribution < 1.29 is 9.72 Å². The number of nitrogens with one attached hydrogen (secondary N) is 1. The molecule has 25 heavy (non-hydrogen) atoms. The van der Waals surface area contributed by atoms with Gasteiger partial charge in [0.2, 0.25) is 0 Å². The van der Waals surface area contributed by atoms with Crippen LogP contribution >= 0.6 is 11.6 Å². The summed E-state index contributed by atoms with van der Waals surface area (Å²) in [5, 5.41) is 16.3. The van der Waals surface area contributed by atoms with Crippen molar-refractivity contribution in [1.29, 1.82) is 0 Å². The van der Waals surface area contributed by atoms with Crippen molar-refractivity contribution in [3.05, 3.63) is 86.9 Å². The van der Waals surface area contributed by atoms with Gasteiger partial charge in [0.25, 0.3) is 11.6 Å². The number of benzene rings is 3. The molecule has 0 spiro atoms. The molecule has 1 unspecified atom stereocenters. The molecule has 1 atom stereocenters. The number of fused-ring (bicyclic) bond motifs is 1. The van der Waals surface area contributed by atoms with Gasteiger partial charge in [-0.15, -0.1) is 0 Å². The van der Waals surface area contributed by atoms with Crippen LogP contribution in [0.3, 0.4) is 0 Å². The van der Waals surface area contributed by atoms with Gasteiger partial charge in [-0.2, -0.15) is 0 Å². The second kappa shape index (κ2) is 6.91. The van der Waals surface area contributed by atoms with E-state index in [0.29, 0.717) is 0 Å². The quantitative estimate of drug-likeness (QED) is 0.535. The Bertz CT molecular complexity index is 967. The highest BCUT2D eigenvalue weighted by Gasteiger charge is 2.22. The predicted molar refractivity (Wildman–Crippen MR) is 97.9 cm³/mol. The normalized spacial score (nSPS) is 11.9. The third-order valence-electron chi connectivity index (χ3n) is 4.04. The average molecular weight is 355 g/mol. The smallest absolute Gasteiger partial charge is 0.282 e. The summed E-state index contributed by atoms with van der Waals surface area (Å²) in [5.41, 5.74) is 0.618. The van der Waals surface area contributed by atoms with E-state index in [1.807, 2.05) is 49.4 Å². The van der Waals surface area contributed by atoms with Crippen molar-refractivity contribution in [1.82, 2.24) is 5.32 Å². The van der Waals surface area contributed by atoms with Crippen molar-refractivity contribution in [2.45, 2.75) is 13.0 Å². The lowest BCUT2D eigenvalue weighted by Crippen LogP contribution is -2.27. The van der Waals surface area contributed by atoms with Gasteiger partial charge in [-0.3, -0.25) is 14.9 Å². The Morgan fingerprint density at radius 1 is 1.12 bits per heavy atom. The summed E-state index contributed by atoms with van der Waals surface area (Å²) in [6.45, 7) is 1.84. The summed E-state index contributed by atoms with van der Waals surface area (Å²) >= 11 is 5.89. The highest BCUT2D eigenvalue weighted by atomic mass is 35.5. The van der Waals surface area contributed by atoms with E-state index < -0.39 is 10.8 Å². The van der Waals surface area contributed by atoms with Gasteiger partial charge < -0.3 is 5.32 Å². The third kappa shape index (κ3) is 3.46. The number of halogens is 1.